The van der Waals surface area contributed by atoms with Crippen LogP contribution in [0.15, 0.2) is 24.3 Å². The van der Waals surface area contributed by atoms with E-state index in [4.69, 9.17) is 11.6 Å². The van der Waals surface area contributed by atoms with Crippen molar-refractivity contribution in [3.05, 3.63) is 35.4 Å². The van der Waals surface area contributed by atoms with Crippen LogP contribution in [0, 0.1) is 0 Å². The van der Waals surface area contributed by atoms with Crippen molar-refractivity contribution < 1.29 is 4.79 Å². The summed E-state index contributed by atoms with van der Waals surface area (Å²) in [5.74, 6) is 0.670. The molecule has 0 bridgehead atoms. The predicted octanol–water partition coefficient (Wildman–Crippen LogP) is 3.62. The van der Waals surface area contributed by atoms with Gasteiger partial charge in [0.2, 0.25) is 5.91 Å². The predicted molar refractivity (Wildman–Crippen MR) is 72.0 cm³/mol. The van der Waals surface area contributed by atoms with Crippen LogP contribution in [-0.4, -0.2) is 5.91 Å². The molecule has 0 heterocycles. The third-order valence-electron chi connectivity index (χ3n) is 2.67. The fourth-order valence-corrected chi connectivity index (χ4v) is 1.75. The zero-order valence-electron chi connectivity index (χ0n) is 10.3. The number of alkyl halides is 1. The number of rotatable bonds is 7. The maximum atomic E-state index is 11.5. The third-order valence-corrected chi connectivity index (χ3v) is 2.98. The molecule has 94 valence electrons. The Morgan fingerprint density at radius 1 is 1.18 bits per heavy atom. The molecule has 1 rings (SSSR count). The van der Waals surface area contributed by atoms with Crippen molar-refractivity contribution in [3.63, 3.8) is 0 Å². The van der Waals surface area contributed by atoms with Crippen LogP contribution >= 0.6 is 11.6 Å². The number of unbranched alkanes of at least 4 members (excludes halogenated alkanes) is 2. The Hall–Kier alpha value is -1.02. The zero-order valence-corrected chi connectivity index (χ0v) is 11.1. The molecule has 0 aliphatic rings. The monoisotopic (exact) mass is 253 g/mol. The summed E-state index contributed by atoms with van der Waals surface area (Å²) < 4.78 is 0. The molecule has 0 aliphatic carbocycles. The number of amides is 1. The van der Waals surface area contributed by atoms with E-state index in [1.54, 1.807) is 0 Å². The highest BCUT2D eigenvalue weighted by Gasteiger charge is 2.00. The highest BCUT2D eigenvalue weighted by molar-refractivity contribution is 6.17. The van der Waals surface area contributed by atoms with Crippen LogP contribution in [0.2, 0.25) is 0 Å². The molecule has 2 nitrogen and oxygen atoms in total. The Kier molecular flexibility index (Phi) is 6.71. The van der Waals surface area contributed by atoms with Gasteiger partial charge >= 0.3 is 0 Å². The van der Waals surface area contributed by atoms with E-state index in [1.165, 1.54) is 0 Å². The van der Waals surface area contributed by atoms with E-state index >= 15 is 0 Å². The minimum absolute atomic E-state index is 0.139. The number of nitrogens with one attached hydrogen (secondary N) is 1. The van der Waals surface area contributed by atoms with Crippen molar-refractivity contribution in [2.24, 2.45) is 0 Å². The van der Waals surface area contributed by atoms with Crippen molar-refractivity contribution in [1.29, 1.82) is 0 Å². The maximum absolute atomic E-state index is 11.5. The lowest BCUT2D eigenvalue weighted by Gasteiger charge is -2.05. The number of hydrogen-bond acceptors (Lipinski definition) is 1. The molecule has 0 saturated heterocycles. The average Bonchev–Trinajstić information content (AvgIpc) is 2.37. The van der Waals surface area contributed by atoms with Gasteiger partial charge in [0.15, 0.2) is 0 Å². The van der Waals surface area contributed by atoms with Crippen LogP contribution < -0.4 is 5.32 Å². The van der Waals surface area contributed by atoms with Gasteiger partial charge in [-0.1, -0.05) is 44.0 Å². The van der Waals surface area contributed by atoms with Gasteiger partial charge in [0, 0.05) is 18.8 Å². The maximum Gasteiger partial charge on any atom is 0.220 e. The van der Waals surface area contributed by atoms with E-state index < -0.39 is 0 Å². The number of halogens is 1. The Labute approximate surface area is 108 Å². The first kappa shape index (κ1) is 14.0. The van der Waals surface area contributed by atoms with Gasteiger partial charge in [0.1, 0.15) is 0 Å². The lowest BCUT2D eigenvalue weighted by Crippen LogP contribution is -2.22. The van der Waals surface area contributed by atoms with Gasteiger partial charge in [0.05, 0.1) is 0 Å². The molecule has 1 aromatic rings. The summed E-state index contributed by atoms with van der Waals surface area (Å²) in [6.07, 6.45) is 3.88. The van der Waals surface area contributed by atoms with Gasteiger partial charge in [-0.25, -0.2) is 0 Å². The lowest BCUT2D eigenvalue weighted by atomic mass is 10.1. The normalized spacial score (nSPS) is 10.2. The van der Waals surface area contributed by atoms with Gasteiger partial charge in [-0.3, -0.25) is 4.79 Å². The SMILES string of the molecule is CCCCCC(=O)NCc1ccc(CCl)cc1. The van der Waals surface area contributed by atoms with Gasteiger partial charge in [-0.2, -0.15) is 0 Å². The number of benzene rings is 1. The fraction of sp³-hybridized carbons (Fsp3) is 0.500. The van der Waals surface area contributed by atoms with Crippen molar-refractivity contribution in [3.8, 4) is 0 Å². The molecule has 0 radical (unpaired) electrons. The molecule has 3 heteroatoms. The van der Waals surface area contributed by atoms with Crippen LogP contribution in [0.3, 0.4) is 0 Å². The van der Waals surface area contributed by atoms with Crippen LogP contribution in [0.5, 0.6) is 0 Å². The first-order valence-corrected chi connectivity index (χ1v) is 6.70. The second-order valence-corrected chi connectivity index (χ2v) is 4.45. The number of carbonyl (C=O) groups is 1. The van der Waals surface area contributed by atoms with Crippen molar-refractivity contribution >= 4 is 17.5 Å². The molecule has 17 heavy (non-hydrogen) atoms. The average molecular weight is 254 g/mol. The topological polar surface area (TPSA) is 29.1 Å². The molecule has 0 aliphatic heterocycles. The summed E-state index contributed by atoms with van der Waals surface area (Å²) in [7, 11) is 0. The van der Waals surface area contributed by atoms with Crippen molar-refractivity contribution in [2.45, 2.75) is 45.0 Å². The molecule has 0 atom stereocenters. The molecule has 1 amide bonds. The van der Waals surface area contributed by atoms with Crippen LogP contribution in [0.1, 0.15) is 43.7 Å². The Bertz CT molecular complexity index is 335. The molecule has 0 spiro atoms. The standard InChI is InChI=1S/C14H20ClNO/c1-2-3-4-5-14(17)16-11-13-8-6-12(10-15)7-9-13/h6-9H,2-5,10-11H2,1H3,(H,16,17). The molecular formula is C14H20ClNO. The van der Waals surface area contributed by atoms with Crippen LogP contribution in [0.25, 0.3) is 0 Å². The van der Waals surface area contributed by atoms with E-state index in [0.717, 1.165) is 30.4 Å². The molecule has 1 aromatic carbocycles. The van der Waals surface area contributed by atoms with Gasteiger partial charge in [-0.15, -0.1) is 11.6 Å². The summed E-state index contributed by atoms with van der Waals surface area (Å²) in [6.45, 7) is 2.74. The van der Waals surface area contributed by atoms with E-state index in [1.807, 2.05) is 24.3 Å². The van der Waals surface area contributed by atoms with Crippen LogP contribution in [-0.2, 0) is 17.2 Å². The molecule has 0 fully saturated rings. The quantitative estimate of drug-likeness (QED) is 0.584. The fourth-order valence-electron chi connectivity index (χ4n) is 1.57. The highest BCUT2D eigenvalue weighted by atomic mass is 35.5. The Morgan fingerprint density at radius 2 is 1.82 bits per heavy atom. The molecule has 0 unspecified atom stereocenters. The highest BCUT2D eigenvalue weighted by Crippen LogP contribution is 2.07. The Balaban J connectivity index is 2.27. The molecule has 0 saturated carbocycles. The summed E-state index contributed by atoms with van der Waals surface area (Å²) in [5, 5.41) is 2.92. The molecule has 1 N–H and O–H groups in total. The largest absolute Gasteiger partial charge is 0.352 e. The minimum Gasteiger partial charge on any atom is -0.352 e. The molecular weight excluding hydrogens is 234 g/mol. The smallest absolute Gasteiger partial charge is 0.220 e. The molecule has 0 aromatic heterocycles. The second-order valence-electron chi connectivity index (χ2n) is 4.18. The number of hydrogen-bond donors (Lipinski definition) is 1. The van der Waals surface area contributed by atoms with E-state index in [2.05, 4.69) is 12.2 Å². The van der Waals surface area contributed by atoms with E-state index in [-0.39, 0.29) is 5.91 Å². The second kappa shape index (κ2) is 8.13. The first-order chi connectivity index (χ1) is 8.26. The number of carbonyl (C=O) groups excluding carboxylic acids is 1. The van der Waals surface area contributed by atoms with Crippen LogP contribution in [0.4, 0.5) is 0 Å². The summed E-state index contributed by atoms with van der Waals surface area (Å²) in [6, 6.07) is 7.99. The summed E-state index contributed by atoms with van der Waals surface area (Å²) in [4.78, 5) is 11.5. The first-order valence-electron chi connectivity index (χ1n) is 6.16. The minimum atomic E-state index is 0.139. The zero-order chi connectivity index (χ0) is 12.5. The van der Waals surface area contributed by atoms with E-state index in [0.29, 0.717) is 18.8 Å². The van der Waals surface area contributed by atoms with Gasteiger partial charge in [-0.05, 0) is 17.5 Å². The lowest BCUT2D eigenvalue weighted by molar-refractivity contribution is -0.121. The van der Waals surface area contributed by atoms with E-state index in [9.17, 15) is 4.79 Å². The summed E-state index contributed by atoms with van der Waals surface area (Å²) in [5.41, 5.74) is 2.22. The van der Waals surface area contributed by atoms with Gasteiger partial charge in [0.25, 0.3) is 0 Å². The van der Waals surface area contributed by atoms with Crippen molar-refractivity contribution in [1.82, 2.24) is 5.32 Å². The summed E-state index contributed by atoms with van der Waals surface area (Å²) >= 11 is 5.71. The van der Waals surface area contributed by atoms with Crippen molar-refractivity contribution in [2.75, 3.05) is 0 Å². The Morgan fingerprint density at radius 3 is 2.41 bits per heavy atom. The third kappa shape index (κ3) is 5.73. The van der Waals surface area contributed by atoms with Gasteiger partial charge < -0.3 is 5.32 Å².